The Kier molecular flexibility index (Phi) is 2.27. The molecule has 0 aromatic heterocycles. The van der Waals surface area contributed by atoms with Gasteiger partial charge in [-0.15, -0.1) is 0 Å². The van der Waals surface area contributed by atoms with Gasteiger partial charge < -0.3 is 0 Å². The van der Waals surface area contributed by atoms with Crippen molar-refractivity contribution < 1.29 is 0 Å². The second kappa shape index (κ2) is 3.65. The van der Waals surface area contributed by atoms with Crippen LogP contribution in [0.2, 0.25) is 10.0 Å². The fourth-order valence-electron chi connectivity index (χ4n) is 2.03. The van der Waals surface area contributed by atoms with Gasteiger partial charge in [0, 0.05) is 15.4 Å². The SMILES string of the molecule is Clc1ccc2cc(Cl)c3ccccc3c2c1. The molecule has 3 rings (SSSR count). The van der Waals surface area contributed by atoms with E-state index < -0.39 is 0 Å². The molecule has 0 unspecified atom stereocenters. The third-order valence-electron chi connectivity index (χ3n) is 2.77. The minimum Gasteiger partial charge on any atom is -0.0843 e. The number of fused-ring (bicyclic) bond motifs is 3. The minimum atomic E-state index is 0.750. The average Bonchev–Trinajstić information content (AvgIpc) is 2.31. The lowest BCUT2D eigenvalue weighted by Gasteiger charge is -2.06. The molecule has 0 N–H and O–H groups in total. The molecule has 0 spiro atoms. The number of hydrogen-bond donors (Lipinski definition) is 0. The second-order valence-electron chi connectivity index (χ2n) is 3.77. The maximum atomic E-state index is 6.24. The summed E-state index contributed by atoms with van der Waals surface area (Å²) in [6, 6.07) is 15.9. The highest BCUT2D eigenvalue weighted by Crippen LogP contribution is 2.32. The van der Waals surface area contributed by atoms with E-state index in [-0.39, 0.29) is 0 Å². The van der Waals surface area contributed by atoms with Crippen LogP contribution in [-0.2, 0) is 0 Å². The van der Waals surface area contributed by atoms with Crippen molar-refractivity contribution in [3.63, 3.8) is 0 Å². The monoisotopic (exact) mass is 246 g/mol. The summed E-state index contributed by atoms with van der Waals surface area (Å²) in [6.07, 6.45) is 0. The van der Waals surface area contributed by atoms with E-state index in [0.29, 0.717) is 0 Å². The zero-order valence-electron chi connectivity index (χ0n) is 8.37. The smallest absolute Gasteiger partial charge is 0.0490 e. The van der Waals surface area contributed by atoms with Gasteiger partial charge in [0.15, 0.2) is 0 Å². The Hall–Kier alpha value is -1.24. The molecule has 0 aliphatic heterocycles. The largest absolute Gasteiger partial charge is 0.0843 e. The van der Waals surface area contributed by atoms with Gasteiger partial charge >= 0.3 is 0 Å². The number of halogens is 2. The van der Waals surface area contributed by atoms with E-state index >= 15 is 0 Å². The van der Waals surface area contributed by atoms with Crippen LogP contribution in [-0.4, -0.2) is 0 Å². The maximum Gasteiger partial charge on any atom is 0.0490 e. The normalized spacial score (nSPS) is 11.1. The minimum absolute atomic E-state index is 0.750. The lowest BCUT2D eigenvalue weighted by Crippen LogP contribution is -1.79. The molecule has 0 nitrogen and oxygen atoms in total. The van der Waals surface area contributed by atoms with E-state index in [2.05, 4.69) is 6.07 Å². The first kappa shape index (κ1) is 9.95. The van der Waals surface area contributed by atoms with Gasteiger partial charge in [-0.1, -0.05) is 53.5 Å². The lowest BCUT2D eigenvalue weighted by atomic mass is 10.0. The van der Waals surface area contributed by atoms with Crippen molar-refractivity contribution in [2.45, 2.75) is 0 Å². The molecule has 0 saturated heterocycles. The molecule has 0 fully saturated rings. The van der Waals surface area contributed by atoms with Gasteiger partial charge in [0.2, 0.25) is 0 Å². The van der Waals surface area contributed by atoms with E-state index in [9.17, 15) is 0 Å². The van der Waals surface area contributed by atoms with Crippen LogP contribution in [0, 0.1) is 0 Å². The van der Waals surface area contributed by atoms with Gasteiger partial charge in [0.25, 0.3) is 0 Å². The highest BCUT2D eigenvalue weighted by Gasteiger charge is 2.04. The molecule has 3 aromatic carbocycles. The van der Waals surface area contributed by atoms with Crippen molar-refractivity contribution in [2.75, 3.05) is 0 Å². The Labute approximate surface area is 103 Å². The molecule has 0 radical (unpaired) electrons. The Balaban J connectivity index is 2.61. The third-order valence-corrected chi connectivity index (χ3v) is 3.32. The highest BCUT2D eigenvalue weighted by molar-refractivity contribution is 6.38. The zero-order valence-corrected chi connectivity index (χ0v) is 9.89. The molecular formula is C14H8Cl2. The Morgan fingerprint density at radius 1 is 0.688 bits per heavy atom. The standard InChI is InChI=1S/C14H8Cl2/c15-10-6-5-9-7-14(16)12-4-2-1-3-11(12)13(9)8-10/h1-8H. The van der Waals surface area contributed by atoms with Gasteiger partial charge in [-0.3, -0.25) is 0 Å². The fraction of sp³-hybridized carbons (Fsp3) is 0. The van der Waals surface area contributed by atoms with Gasteiger partial charge in [-0.25, -0.2) is 0 Å². The van der Waals surface area contributed by atoms with Crippen LogP contribution in [0.4, 0.5) is 0 Å². The Bertz CT molecular complexity index is 687. The molecule has 0 aliphatic carbocycles. The van der Waals surface area contributed by atoms with Gasteiger partial charge in [0.1, 0.15) is 0 Å². The summed E-state index contributed by atoms with van der Waals surface area (Å²) >= 11 is 12.3. The van der Waals surface area contributed by atoms with Gasteiger partial charge in [-0.2, -0.15) is 0 Å². The summed E-state index contributed by atoms with van der Waals surface area (Å²) in [6.45, 7) is 0. The summed E-state index contributed by atoms with van der Waals surface area (Å²) in [5.74, 6) is 0. The van der Waals surface area contributed by atoms with Crippen LogP contribution in [0.15, 0.2) is 48.5 Å². The Morgan fingerprint density at radius 2 is 1.44 bits per heavy atom. The molecular weight excluding hydrogens is 239 g/mol. The number of rotatable bonds is 0. The summed E-state index contributed by atoms with van der Waals surface area (Å²) in [4.78, 5) is 0. The predicted octanol–water partition coefficient (Wildman–Crippen LogP) is 5.30. The topological polar surface area (TPSA) is 0 Å². The number of benzene rings is 3. The van der Waals surface area contributed by atoms with E-state index in [0.717, 1.165) is 31.6 Å². The molecule has 0 bridgehead atoms. The molecule has 0 amide bonds. The number of hydrogen-bond acceptors (Lipinski definition) is 0. The fourth-order valence-corrected chi connectivity index (χ4v) is 2.48. The van der Waals surface area contributed by atoms with Crippen molar-refractivity contribution >= 4 is 44.7 Å². The average molecular weight is 247 g/mol. The summed E-state index contributed by atoms with van der Waals surface area (Å²) < 4.78 is 0. The molecule has 0 saturated carbocycles. The third kappa shape index (κ3) is 1.46. The summed E-state index contributed by atoms with van der Waals surface area (Å²) in [7, 11) is 0. The van der Waals surface area contributed by atoms with Crippen LogP contribution >= 0.6 is 23.2 Å². The molecule has 78 valence electrons. The van der Waals surface area contributed by atoms with Gasteiger partial charge in [0.05, 0.1) is 0 Å². The Morgan fingerprint density at radius 3 is 2.25 bits per heavy atom. The van der Waals surface area contributed by atoms with Crippen molar-refractivity contribution in [2.24, 2.45) is 0 Å². The summed E-state index contributed by atoms with van der Waals surface area (Å²) in [5, 5.41) is 6.01. The molecule has 0 aliphatic rings. The van der Waals surface area contributed by atoms with Crippen molar-refractivity contribution in [1.29, 1.82) is 0 Å². The molecule has 0 heterocycles. The van der Waals surface area contributed by atoms with Crippen LogP contribution in [0.5, 0.6) is 0 Å². The highest BCUT2D eigenvalue weighted by atomic mass is 35.5. The first-order valence-electron chi connectivity index (χ1n) is 5.02. The van der Waals surface area contributed by atoms with Crippen LogP contribution < -0.4 is 0 Å². The van der Waals surface area contributed by atoms with Crippen LogP contribution in [0.3, 0.4) is 0 Å². The van der Waals surface area contributed by atoms with E-state index in [1.54, 1.807) is 0 Å². The molecule has 16 heavy (non-hydrogen) atoms. The molecule has 2 heteroatoms. The first-order chi connectivity index (χ1) is 7.75. The molecule has 0 atom stereocenters. The van der Waals surface area contributed by atoms with E-state index in [1.807, 2.05) is 42.5 Å². The molecule has 3 aromatic rings. The van der Waals surface area contributed by atoms with Crippen molar-refractivity contribution in [3.05, 3.63) is 58.6 Å². The van der Waals surface area contributed by atoms with Crippen LogP contribution in [0.25, 0.3) is 21.5 Å². The zero-order chi connectivity index (χ0) is 11.1. The van der Waals surface area contributed by atoms with Crippen molar-refractivity contribution in [3.8, 4) is 0 Å². The lowest BCUT2D eigenvalue weighted by molar-refractivity contribution is 1.76. The maximum absolute atomic E-state index is 6.24. The quantitative estimate of drug-likeness (QED) is 0.473. The predicted molar refractivity (Wildman–Crippen MR) is 71.5 cm³/mol. The van der Waals surface area contributed by atoms with Gasteiger partial charge in [-0.05, 0) is 34.4 Å². The van der Waals surface area contributed by atoms with Crippen LogP contribution in [0.1, 0.15) is 0 Å². The van der Waals surface area contributed by atoms with E-state index in [4.69, 9.17) is 23.2 Å². The first-order valence-corrected chi connectivity index (χ1v) is 5.78. The second-order valence-corrected chi connectivity index (χ2v) is 4.61. The summed E-state index contributed by atoms with van der Waals surface area (Å²) in [5.41, 5.74) is 0. The van der Waals surface area contributed by atoms with Crippen molar-refractivity contribution in [1.82, 2.24) is 0 Å². The van der Waals surface area contributed by atoms with E-state index in [1.165, 1.54) is 0 Å².